The third-order valence-electron chi connectivity index (χ3n) is 3.25. The summed E-state index contributed by atoms with van der Waals surface area (Å²) < 4.78 is 2.11. The van der Waals surface area contributed by atoms with Crippen molar-refractivity contribution >= 4 is 11.3 Å². The Hall–Kier alpha value is -1.20. The van der Waals surface area contributed by atoms with Gasteiger partial charge in [0.1, 0.15) is 0 Å². The van der Waals surface area contributed by atoms with Crippen LogP contribution in [0.4, 0.5) is 0 Å². The minimum atomic E-state index is 0.281. The number of aromatic nitrogens is 3. The molecule has 0 spiro atoms. The summed E-state index contributed by atoms with van der Waals surface area (Å²) in [5, 5.41) is 10.3. The first-order valence-electron chi connectivity index (χ1n) is 6.95. The predicted octanol–water partition coefficient (Wildman–Crippen LogP) is 2.82. The van der Waals surface area contributed by atoms with Crippen LogP contribution in [0.5, 0.6) is 0 Å². The fraction of sp³-hybridized carbons (Fsp3) is 0.571. The van der Waals surface area contributed by atoms with Crippen molar-refractivity contribution in [2.45, 2.75) is 46.2 Å². The molecule has 0 aliphatic carbocycles. The van der Waals surface area contributed by atoms with Gasteiger partial charge in [0.2, 0.25) is 0 Å². The molecule has 1 atom stereocenters. The second-order valence-corrected chi connectivity index (χ2v) is 5.24. The van der Waals surface area contributed by atoms with E-state index in [-0.39, 0.29) is 6.04 Å². The van der Waals surface area contributed by atoms with Gasteiger partial charge in [-0.15, -0.1) is 11.3 Å². The van der Waals surface area contributed by atoms with Crippen molar-refractivity contribution in [3.05, 3.63) is 34.0 Å². The molecular formula is C14H22N4S. The molecule has 0 aliphatic heterocycles. The zero-order chi connectivity index (χ0) is 13.7. The molecule has 2 heterocycles. The first-order valence-corrected chi connectivity index (χ1v) is 7.89. The molecule has 4 nitrogen and oxygen atoms in total. The highest BCUT2D eigenvalue weighted by Gasteiger charge is 2.16. The van der Waals surface area contributed by atoms with Crippen LogP contribution in [0.25, 0.3) is 0 Å². The van der Waals surface area contributed by atoms with Crippen LogP contribution in [0.2, 0.25) is 0 Å². The Kier molecular flexibility index (Phi) is 5.10. The van der Waals surface area contributed by atoms with Crippen LogP contribution >= 0.6 is 11.3 Å². The van der Waals surface area contributed by atoms with Crippen LogP contribution in [0.15, 0.2) is 17.0 Å². The number of thiazole rings is 1. The zero-order valence-corrected chi connectivity index (χ0v) is 12.7. The van der Waals surface area contributed by atoms with Gasteiger partial charge >= 0.3 is 0 Å². The van der Waals surface area contributed by atoms with E-state index < -0.39 is 0 Å². The van der Waals surface area contributed by atoms with E-state index >= 15 is 0 Å². The third kappa shape index (κ3) is 3.42. The van der Waals surface area contributed by atoms with Crippen LogP contribution in [-0.2, 0) is 19.4 Å². The number of aryl methyl sites for hydroxylation is 2. The van der Waals surface area contributed by atoms with Gasteiger partial charge in [0.15, 0.2) is 0 Å². The summed E-state index contributed by atoms with van der Waals surface area (Å²) in [5.41, 5.74) is 5.49. The van der Waals surface area contributed by atoms with Crippen molar-refractivity contribution in [3.8, 4) is 0 Å². The molecule has 2 rings (SSSR count). The Morgan fingerprint density at radius 3 is 2.79 bits per heavy atom. The summed E-state index contributed by atoms with van der Waals surface area (Å²) in [4.78, 5) is 4.44. The summed E-state index contributed by atoms with van der Waals surface area (Å²) in [5.74, 6) is 0. The van der Waals surface area contributed by atoms with Gasteiger partial charge in [-0.3, -0.25) is 4.68 Å². The number of nitrogens with zero attached hydrogens (tertiary/aromatic N) is 3. The molecular weight excluding hydrogens is 256 g/mol. The van der Waals surface area contributed by atoms with Gasteiger partial charge < -0.3 is 5.32 Å². The molecule has 0 fully saturated rings. The van der Waals surface area contributed by atoms with Crippen molar-refractivity contribution in [2.75, 3.05) is 6.54 Å². The average Bonchev–Trinajstić information content (AvgIpc) is 3.07. The standard InChI is InChI=1S/C14H22N4S/c1-4-11-7-12(18(6-3)17-11)8-13(15-5-2)14-9-19-10-16-14/h7,9-10,13,15H,4-6,8H2,1-3H3. The van der Waals surface area contributed by atoms with Crippen molar-refractivity contribution in [2.24, 2.45) is 0 Å². The van der Waals surface area contributed by atoms with Crippen LogP contribution in [-0.4, -0.2) is 21.3 Å². The molecule has 2 aromatic rings. The number of rotatable bonds is 7. The molecule has 0 aromatic carbocycles. The maximum atomic E-state index is 4.61. The van der Waals surface area contributed by atoms with Gasteiger partial charge in [-0.05, 0) is 26.0 Å². The average molecular weight is 278 g/mol. The first-order chi connectivity index (χ1) is 9.28. The van der Waals surface area contributed by atoms with E-state index in [0.29, 0.717) is 0 Å². The van der Waals surface area contributed by atoms with Gasteiger partial charge in [0.05, 0.1) is 22.9 Å². The highest BCUT2D eigenvalue weighted by molar-refractivity contribution is 7.07. The lowest BCUT2D eigenvalue weighted by molar-refractivity contribution is 0.508. The monoisotopic (exact) mass is 278 g/mol. The Morgan fingerprint density at radius 1 is 1.37 bits per heavy atom. The SMILES string of the molecule is CCNC(Cc1cc(CC)nn1CC)c1cscn1. The van der Waals surface area contributed by atoms with Gasteiger partial charge in [-0.25, -0.2) is 4.98 Å². The third-order valence-corrected chi connectivity index (χ3v) is 3.85. The Labute approximate surface area is 118 Å². The number of hydrogen-bond acceptors (Lipinski definition) is 4. The largest absolute Gasteiger partial charge is 0.309 e. The zero-order valence-electron chi connectivity index (χ0n) is 11.9. The predicted molar refractivity (Wildman–Crippen MR) is 79.5 cm³/mol. The molecule has 0 saturated heterocycles. The van der Waals surface area contributed by atoms with Gasteiger partial charge in [-0.1, -0.05) is 13.8 Å². The van der Waals surface area contributed by atoms with Crippen molar-refractivity contribution in [3.63, 3.8) is 0 Å². The normalized spacial score (nSPS) is 12.8. The molecule has 104 valence electrons. The Bertz CT molecular complexity index is 490. The van der Waals surface area contributed by atoms with Crippen molar-refractivity contribution < 1.29 is 0 Å². The highest BCUT2D eigenvalue weighted by Crippen LogP contribution is 2.19. The maximum Gasteiger partial charge on any atom is 0.0795 e. The van der Waals surface area contributed by atoms with Crippen LogP contribution < -0.4 is 5.32 Å². The molecule has 0 radical (unpaired) electrons. The van der Waals surface area contributed by atoms with E-state index in [0.717, 1.165) is 31.6 Å². The van der Waals surface area contributed by atoms with E-state index in [4.69, 9.17) is 0 Å². The number of hydrogen-bond donors (Lipinski definition) is 1. The molecule has 0 saturated carbocycles. The lowest BCUT2D eigenvalue weighted by Gasteiger charge is -2.16. The van der Waals surface area contributed by atoms with E-state index in [2.05, 4.69) is 52.3 Å². The maximum absolute atomic E-state index is 4.61. The van der Waals surface area contributed by atoms with Gasteiger partial charge in [-0.2, -0.15) is 5.10 Å². The fourth-order valence-electron chi connectivity index (χ4n) is 2.26. The molecule has 1 unspecified atom stereocenters. The summed E-state index contributed by atoms with van der Waals surface area (Å²) in [6, 6.07) is 2.50. The summed E-state index contributed by atoms with van der Waals surface area (Å²) in [7, 11) is 0. The molecule has 0 bridgehead atoms. The lowest BCUT2D eigenvalue weighted by Crippen LogP contribution is -2.24. The molecule has 0 amide bonds. The lowest BCUT2D eigenvalue weighted by atomic mass is 10.1. The Balaban J connectivity index is 2.19. The molecule has 19 heavy (non-hydrogen) atoms. The minimum Gasteiger partial charge on any atom is -0.309 e. The van der Waals surface area contributed by atoms with Gasteiger partial charge in [0.25, 0.3) is 0 Å². The number of likely N-dealkylation sites (N-methyl/N-ethyl adjacent to an activating group) is 1. The van der Waals surface area contributed by atoms with E-state index in [1.165, 1.54) is 11.4 Å². The van der Waals surface area contributed by atoms with E-state index in [9.17, 15) is 0 Å². The van der Waals surface area contributed by atoms with Crippen molar-refractivity contribution in [1.29, 1.82) is 0 Å². The van der Waals surface area contributed by atoms with Crippen molar-refractivity contribution in [1.82, 2.24) is 20.1 Å². The minimum absolute atomic E-state index is 0.281. The molecule has 5 heteroatoms. The van der Waals surface area contributed by atoms with Crippen LogP contribution in [0, 0.1) is 0 Å². The summed E-state index contributed by atoms with van der Waals surface area (Å²) in [6.45, 7) is 8.29. The molecule has 2 aromatic heterocycles. The van der Waals surface area contributed by atoms with Crippen LogP contribution in [0.1, 0.15) is 43.9 Å². The summed E-state index contributed by atoms with van der Waals surface area (Å²) in [6.07, 6.45) is 1.93. The smallest absolute Gasteiger partial charge is 0.0795 e. The molecule has 1 N–H and O–H groups in total. The number of nitrogens with one attached hydrogen (secondary N) is 1. The quantitative estimate of drug-likeness (QED) is 0.847. The van der Waals surface area contributed by atoms with Crippen LogP contribution in [0.3, 0.4) is 0 Å². The highest BCUT2D eigenvalue weighted by atomic mass is 32.1. The first kappa shape index (κ1) is 14.2. The Morgan fingerprint density at radius 2 is 2.21 bits per heavy atom. The topological polar surface area (TPSA) is 42.7 Å². The summed E-state index contributed by atoms with van der Waals surface area (Å²) >= 11 is 1.65. The fourth-order valence-corrected chi connectivity index (χ4v) is 2.86. The second-order valence-electron chi connectivity index (χ2n) is 4.52. The molecule has 0 aliphatic rings. The van der Waals surface area contributed by atoms with E-state index in [1.54, 1.807) is 11.3 Å². The van der Waals surface area contributed by atoms with Gasteiger partial charge in [0, 0.05) is 24.0 Å². The van der Waals surface area contributed by atoms with E-state index in [1.807, 2.05) is 5.51 Å². The second kappa shape index (κ2) is 6.82.